The second-order valence-electron chi connectivity index (χ2n) is 18.3. The van der Waals surface area contributed by atoms with Crippen LogP contribution in [0, 0.1) is 0 Å². The van der Waals surface area contributed by atoms with E-state index < -0.39 is 12.5 Å². The number of hydrogen-bond acceptors (Lipinski definition) is 11. The number of aryl methyl sites for hydroxylation is 1. The Morgan fingerprint density at radius 3 is 2.35 bits per heavy atom. The van der Waals surface area contributed by atoms with Crippen molar-refractivity contribution in [2.45, 2.75) is 168 Å². The van der Waals surface area contributed by atoms with Gasteiger partial charge in [0.1, 0.15) is 34.5 Å². The number of aromatic nitrogens is 3. The minimum Gasteiger partial charge on any atom is -0.505 e. The fourth-order valence-electron chi connectivity index (χ4n) is 7.90. The number of aliphatic hydroxyl groups excluding tert-OH is 1. The van der Waals surface area contributed by atoms with Crippen molar-refractivity contribution in [3.8, 4) is 11.4 Å². The van der Waals surface area contributed by atoms with E-state index in [-0.39, 0.29) is 16.7 Å². The summed E-state index contributed by atoms with van der Waals surface area (Å²) in [5.41, 5.74) is 9.46. The largest absolute Gasteiger partial charge is 0.505 e. The van der Waals surface area contributed by atoms with Gasteiger partial charge in [-0.2, -0.15) is 0 Å². The van der Waals surface area contributed by atoms with Gasteiger partial charge in [-0.3, -0.25) is 10.3 Å². The Morgan fingerprint density at radius 1 is 0.968 bits per heavy atom. The van der Waals surface area contributed by atoms with Gasteiger partial charge in [0.25, 0.3) is 0 Å². The molecule has 1 aliphatic rings. The first kappa shape index (κ1) is 51.8. The summed E-state index contributed by atoms with van der Waals surface area (Å²) in [6, 6.07) is 9.83. The highest BCUT2D eigenvalue weighted by molar-refractivity contribution is 6.31. The molecule has 0 amide bonds. The van der Waals surface area contributed by atoms with Gasteiger partial charge in [0.05, 0.1) is 5.54 Å². The van der Waals surface area contributed by atoms with E-state index >= 15 is 0 Å². The monoisotopic (exact) mass is 893 g/mol. The SMILES string of the molecule is C=C(C)N(CCNC(O)CCc1cc(-n2nc3ccc(Cl)cc3n2)c(O)c(C(C)(C)C)c1)C1N=C(C(CC)(CC)NCCCCCCN)NC(=NCCCCCCNC(C)CC)N1. The highest BCUT2D eigenvalue weighted by Crippen LogP contribution is 2.37. The van der Waals surface area contributed by atoms with Crippen LogP contribution in [0.1, 0.15) is 144 Å². The number of benzene rings is 2. The molecule has 15 heteroatoms. The van der Waals surface area contributed by atoms with Crippen molar-refractivity contribution in [1.82, 2.24) is 46.5 Å². The molecule has 1 aliphatic heterocycles. The first-order chi connectivity index (χ1) is 30.1. The number of nitrogens with one attached hydrogen (secondary N) is 5. The Bertz CT molecular complexity index is 1920. The van der Waals surface area contributed by atoms with Gasteiger partial charge in [-0.15, -0.1) is 15.0 Å². The van der Waals surface area contributed by atoms with Crippen molar-refractivity contribution in [3.63, 3.8) is 0 Å². The highest BCUT2D eigenvalue weighted by Gasteiger charge is 2.37. The number of aromatic hydroxyl groups is 1. The number of fused-ring (bicyclic) bond motifs is 1. The molecule has 3 atom stereocenters. The molecule has 63 heavy (non-hydrogen) atoms. The number of aliphatic imine (C=N–C) groups is 2. The van der Waals surface area contributed by atoms with Gasteiger partial charge < -0.3 is 42.1 Å². The third kappa shape index (κ3) is 15.7. The summed E-state index contributed by atoms with van der Waals surface area (Å²) in [4.78, 5) is 14.0. The minimum atomic E-state index is -0.773. The molecule has 0 saturated heterocycles. The van der Waals surface area contributed by atoms with E-state index in [0.717, 1.165) is 113 Å². The van der Waals surface area contributed by atoms with E-state index in [1.807, 2.05) is 25.1 Å². The predicted octanol–water partition coefficient (Wildman–Crippen LogP) is 7.60. The Hall–Kier alpha value is -3.79. The molecule has 2 heterocycles. The first-order valence-corrected chi connectivity index (χ1v) is 24.1. The van der Waals surface area contributed by atoms with Crippen LogP contribution in [0.2, 0.25) is 5.02 Å². The van der Waals surface area contributed by atoms with Crippen LogP contribution in [0.15, 0.2) is 52.6 Å². The summed E-state index contributed by atoms with van der Waals surface area (Å²) in [5, 5.41) is 50.5. The molecule has 0 aliphatic carbocycles. The van der Waals surface area contributed by atoms with Crippen LogP contribution < -0.4 is 32.3 Å². The number of allylic oxidation sites excluding steroid dienone is 1. The zero-order valence-electron chi connectivity index (χ0n) is 39.8. The Balaban J connectivity index is 1.45. The molecular formula is C48H81ClN12O2. The Morgan fingerprint density at radius 2 is 1.67 bits per heavy atom. The smallest absolute Gasteiger partial charge is 0.200 e. The molecule has 352 valence electrons. The third-order valence-electron chi connectivity index (χ3n) is 12.2. The zero-order valence-corrected chi connectivity index (χ0v) is 40.5. The van der Waals surface area contributed by atoms with Crippen LogP contribution in [-0.2, 0) is 11.8 Å². The predicted molar refractivity (Wildman–Crippen MR) is 263 cm³/mol. The lowest BCUT2D eigenvalue weighted by atomic mass is 9.84. The van der Waals surface area contributed by atoms with Crippen molar-refractivity contribution >= 4 is 34.4 Å². The van der Waals surface area contributed by atoms with E-state index in [4.69, 9.17) is 27.3 Å². The zero-order chi connectivity index (χ0) is 46.0. The molecule has 3 aromatic rings. The number of hydrogen-bond donors (Lipinski definition) is 8. The van der Waals surface area contributed by atoms with E-state index in [9.17, 15) is 10.2 Å². The average Bonchev–Trinajstić information content (AvgIpc) is 3.68. The standard InChI is InChI=1S/C48H81ClN12O2/c1-10-35(6)51-26-18-15-16-19-27-53-45-55-44(48(11-2,12-3)54-28-20-14-13-17-25-50)56-46(57-45)60(34(4)5)30-29-52-42(62)24-21-36-31-38(47(7,8)9)43(63)41(32-36)61-58-39-23-22-37(49)33-40(39)59-61/h22-23,31-33,35,42,46,51-52,54,62-63H,4,10-21,24-30,50H2,1-3,5-9H3,(H2,53,55,56,57). The lowest BCUT2D eigenvalue weighted by molar-refractivity contribution is 0.121. The van der Waals surface area contributed by atoms with Crippen molar-refractivity contribution < 1.29 is 10.2 Å². The van der Waals surface area contributed by atoms with Gasteiger partial charge in [-0.05, 0) is 127 Å². The molecule has 4 rings (SSSR count). The summed E-state index contributed by atoms with van der Waals surface area (Å²) in [6.45, 7) is 25.9. The van der Waals surface area contributed by atoms with Gasteiger partial charge in [-0.1, -0.05) is 91.5 Å². The summed E-state index contributed by atoms with van der Waals surface area (Å²) < 4.78 is 0. The van der Waals surface area contributed by atoms with Crippen LogP contribution >= 0.6 is 11.6 Å². The van der Waals surface area contributed by atoms with Crippen LogP contribution in [-0.4, -0.2) is 105 Å². The summed E-state index contributed by atoms with van der Waals surface area (Å²) in [5.74, 6) is 1.74. The van der Waals surface area contributed by atoms with Crippen molar-refractivity contribution in [3.05, 3.63) is 58.8 Å². The summed E-state index contributed by atoms with van der Waals surface area (Å²) in [7, 11) is 0. The highest BCUT2D eigenvalue weighted by atomic mass is 35.5. The molecule has 1 aromatic heterocycles. The number of nitrogens with two attached hydrogens (primary N) is 1. The molecular weight excluding hydrogens is 812 g/mol. The van der Waals surface area contributed by atoms with Crippen LogP contribution in [0.5, 0.6) is 5.75 Å². The number of phenols is 1. The van der Waals surface area contributed by atoms with Gasteiger partial charge in [-0.25, -0.2) is 4.99 Å². The molecule has 0 radical (unpaired) electrons. The van der Waals surface area contributed by atoms with Crippen molar-refractivity contribution in [1.29, 1.82) is 0 Å². The van der Waals surface area contributed by atoms with Gasteiger partial charge in [0.15, 0.2) is 5.96 Å². The third-order valence-corrected chi connectivity index (χ3v) is 12.4. The molecule has 14 nitrogen and oxygen atoms in total. The fourth-order valence-corrected chi connectivity index (χ4v) is 8.06. The quantitative estimate of drug-likeness (QED) is 0.0254. The van der Waals surface area contributed by atoms with E-state index in [1.165, 1.54) is 17.6 Å². The second-order valence-corrected chi connectivity index (χ2v) is 18.7. The van der Waals surface area contributed by atoms with Crippen LogP contribution in [0.25, 0.3) is 16.7 Å². The van der Waals surface area contributed by atoms with Gasteiger partial charge >= 0.3 is 0 Å². The molecule has 9 N–H and O–H groups in total. The summed E-state index contributed by atoms with van der Waals surface area (Å²) in [6.07, 6.45) is 11.6. The van der Waals surface area contributed by atoms with E-state index in [1.54, 1.807) is 12.1 Å². The minimum absolute atomic E-state index is 0.131. The number of phenolic OH excluding ortho intramolecular Hbond substituents is 1. The number of guanidine groups is 1. The first-order valence-electron chi connectivity index (χ1n) is 23.7. The molecule has 0 spiro atoms. The van der Waals surface area contributed by atoms with E-state index in [2.05, 4.69) is 96.7 Å². The maximum Gasteiger partial charge on any atom is 0.200 e. The molecule has 0 saturated carbocycles. The lowest BCUT2D eigenvalue weighted by Gasteiger charge is -2.41. The molecule has 2 aromatic carbocycles. The van der Waals surface area contributed by atoms with Crippen LogP contribution in [0.3, 0.4) is 0 Å². The second kappa shape index (κ2) is 25.6. The maximum atomic E-state index is 11.4. The number of nitrogens with zero attached hydrogens (tertiary/aromatic N) is 6. The number of amidine groups is 1. The fraction of sp³-hybridized carbons (Fsp3) is 0.667. The van der Waals surface area contributed by atoms with E-state index in [0.29, 0.717) is 53.7 Å². The number of rotatable bonds is 29. The number of unbranched alkanes of at least 4 members (excludes halogenated alkanes) is 6. The molecule has 3 unspecified atom stereocenters. The topological polar surface area (TPSA) is 185 Å². The number of aliphatic hydroxyl groups is 1. The maximum absolute atomic E-state index is 11.4. The normalized spacial score (nSPS) is 16.2. The summed E-state index contributed by atoms with van der Waals surface area (Å²) >= 11 is 6.22. The molecule has 0 fully saturated rings. The van der Waals surface area contributed by atoms with Crippen molar-refractivity contribution in [2.24, 2.45) is 15.7 Å². The van der Waals surface area contributed by atoms with Crippen LogP contribution in [0.4, 0.5) is 0 Å². The Kier molecular flexibility index (Phi) is 21.1. The van der Waals surface area contributed by atoms with Gasteiger partial charge in [0.2, 0.25) is 6.29 Å². The van der Waals surface area contributed by atoms with Gasteiger partial charge in [0, 0.05) is 42.0 Å². The Labute approximate surface area is 383 Å². The number of halogens is 1. The lowest BCUT2D eigenvalue weighted by Crippen LogP contribution is -2.65. The molecule has 0 bridgehead atoms. The van der Waals surface area contributed by atoms with Crippen molar-refractivity contribution in [2.75, 3.05) is 39.3 Å². The average molecular weight is 894 g/mol.